The molecule has 0 aliphatic carbocycles. The summed E-state index contributed by atoms with van der Waals surface area (Å²) in [6, 6.07) is 14.2. The van der Waals surface area contributed by atoms with Crippen molar-refractivity contribution in [2.24, 2.45) is 0 Å². The maximum atomic E-state index is 13.0. The Bertz CT molecular complexity index is 1350. The minimum atomic E-state index is -0.511. The second-order valence-corrected chi connectivity index (χ2v) is 9.60. The average molecular weight is 526 g/mol. The van der Waals surface area contributed by atoms with Crippen LogP contribution in [0.2, 0.25) is 0 Å². The van der Waals surface area contributed by atoms with E-state index in [1.54, 1.807) is 24.3 Å². The number of hydrogen-bond acceptors (Lipinski definition) is 5. The second kappa shape index (κ2) is 8.99. The third kappa shape index (κ3) is 4.38. The fourth-order valence-corrected chi connectivity index (χ4v) is 4.95. The van der Waals surface area contributed by atoms with Crippen molar-refractivity contribution in [2.45, 2.75) is 27.3 Å². The minimum absolute atomic E-state index is 0.117. The number of amides is 2. The van der Waals surface area contributed by atoms with Gasteiger partial charge in [-0.2, -0.15) is 0 Å². The van der Waals surface area contributed by atoms with Gasteiger partial charge in [0.05, 0.1) is 16.4 Å². The van der Waals surface area contributed by atoms with E-state index in [9.17, 15) is 19.7 Å². The minimum Gasteiger partial charge on any atom is -0.318 e. The van der Waals surface area contributed by atoms with E-state index in [4.69, 9.17) is 0 Å². The Hall–Kier alpha value is -3.17. The van der Waals surface area contributed by atoms with Crippen molar-refractivity contribution in [1.82, 2.24) is 9.47 Å². The van der Waals surface area contributed by atoms with Crippen molar-refractivity contribution in [3.63, 3.8) is 0 Å². The highest BCUT2D eigenvalue weighted by molar-refractivity contribution is 9.10. The number of nitro benzene ring substituents is 1. The lowest BCUT2D eigenvalue weighted by Gasteiger charge is -2.12. The number of carbonyl (C=O) groups is 2. The number of rotatable bonds is 5. The molecule has 0 bridgehead atoms. The molecule has 0 spiro atoms. The van der Waals surface area contributed by atoms with Crippen LogP contribution in [0.3, 0.4) is 0 Å². The standard InChI is InChI=1S/C24H20BrN3O4S/c1-14-10-19(8-9-20(14)25)27-15(2)11-18(16(27)3)12-22-23(29)26(24(30)33-22)13-17-6-4-5-7-21(17)28(31)32/h4-12H,13H2,1-3H3/b22-12-. The summed E-state index contributed by atoms with van der Waals surface area (Å²) in [5.41, 5.74) is 5.10. The second-order valence-electron chi connectivity index (χ2n) is 7.75. The molecule has 4 rings (SSSR count). The molecule has 1 aromatic heterocycles. The first kappa shape index (κ1) is 23.0. The van der Waals surface area contributed by atoms with E-state index in [1.165, 1.54) is 6.07 Å². The number of thioether (sulfide) groups is 1. The Kier molecular flexibility index (Phi) is 6.27. The molecule has 1 aliphatic rings. The Morgan fingerprint density at radius 1 is 1.09 bits per heavy atom. The van der Waals surface area contributed by atoms with Crippen molar-refractivity contribution in [2.75, 3.05) is 0 Å². The number of benzene rings is 2. The summed E-state index contributed by atoms with van der Waals surface area (Å²) in [4.78, 5) is 37.7. The monoisotopic (exact) mass is 525 g/mol. The van der Waals surface area contributed by atoms with E-state index in [-0.39, 0.29) is 12.2 Å². The topological polar surface area (TPSA) is 85.4 Å². The van der Waals surface area contributed by atoms with Crippen LogP contribution >= 0.6 is 27.7 Å². The average Bonchev–Trinajstić information content (AvgIpc) is 3.19. The molecule has 0 N–H and O–H groups in total. The summed E-state index contributed by atoms with van der Waals surface area (Å²) in [7, 11) is 0. The summed E-state index contributed by atoms with van der Waals surface area (Å²) >= 11 is 4.37. The Morgan fingerprint density at radius 3 is 2.52 bits per heavy atom. The highest BCUT2D eigenvalue weighted by Crippen LogP contribution is 2.35. The van der Waals surface area contributed by atoms with Crippen molar-refractivity contribution >= 4 is 50.6 Å². The lowest BCUT2D eigenvalue weighted by Crippen LogP contribution is -2.27. The molecule has 2 heterocycles. The van der Waals surface area contributed by atoms with E-state index in [2.05, 4.69) is 26.6 Å². The number of aryl methyl sites for hydroxylation is 2. The quantitative estimate of drug-likeness (QED) is 0.221. The van der Waals surface area contributed by atoms with Gasteiger partial charge in [0.25, 0.3) is 16.8 Å². The molecular formula is C24H20BrN3O4S. The van der Waals surface area contributed by atoms with Crippen LogP contribution in [0, 0.1) is 30.9 Å². The molecule has 1 fully saturated rings. The molecule has 2 aromatic carbocycles. The molecule has 0 saturated carbocycles. The van der Waals surface area contributed by atoms with Crippen LogP contribution in [0.15, 0.2) is 57.9 Å². The highest BCUT2D eigenvalue weighted by Gasteiger charge is 2.36. The van der Waals surface area contributed by atoms with Gasteiger partial charge in [-0.25, -0.2) is 0 Å². The zero-order valence-electron chi connectivity index (χ0n) is 18.2. The zero-order valence-corrected chi connectivity index (χ0v) is 20.6. The van der Waals surface area contributed by atoms with E-state index in [1.807, 2.05) is 39.0 Å². The van der Waals surface area contributed by atoms with Crippen molar-refractivity contribution < 1.29 is 14.5 Å². The van der Waals surface area contributed by atoms with Gasteiger partial charge in [-0.05, 0) is 74.0 Å². The molecule has 3 aromatic rings. The third-order valence-corrected chi connectivity index (χ3v) is 7.34. The first-order valence-electron chi connectivity index (χ1n) is 10.1. The maximum Gasteiger partial charge on any atom is 0.293 e. The van der Waals surface area contributed by atoms with Gasteiger partial charge in [0.15, 0.2) is 0 Å². The van der Waals surface area contributed by atoms with Crippen LogP contribution in [0.5, 0.6) is 0 Å². The van der Waals surface area contributed by atoms with Gasteiger partial charge in [0.1, 0.15) is 0 Å². The maximum absolute atomic E-state index is 13.0. The van der Waals surface area contributed by atoms with Gasteiger partial charge < -0.3 is 4.57 Å². The number of aromatic nitrogens is 1. The number of halogens is 1. The summed E-state index contributed by atoms with van der Waals surface area (Å²) in [5.74, 6) is -0.451. The molecule has 2 amide bonds. The van der Waals surface area contributed by atoms with Gasteiger partial charge >= 0.3 is 0 Å². The van der Waals surface area contributed by atoms with Crippen LogP contribution in [-0.4, -0.2) is 25.5 Å². The van der Waals surface area contributed by atoms with Gasteiger partial charge in [0.2, 0.25) is 0 Å². The summed E-state index contributed by atoms with van der Waals surface area (Å²) in [5, 5.41) is 10.8. The Labute approximate surface area is 203 Å². The Morgan fingerprint density at radius 2 is 1.82 bits per heavy atom. The summed E-state index contributed by atoms with van der Waals surface area (Å²) in [6.45, 7) is 5.84. The first-order valence-corrected chi connectivity index (χ1v) is 11.7. The number of nitro groups is 1. The van der Waals surface area contributed by atoms with E-state index >= 15 is 0 Å². The molecule has 168 valence electrons. The molecule has 9 heteroatoms. The summed E-state index contributed by atoms with van der Waals surface area (Å²) in [6.07, 6.45) is 1.72. The lowest BCUT2D eigenvalue weighted by molar-refractivity contribution is -0.385. The molecule has 33 heavy (non-hydrogen) atoms. The fourth-order valence-electron chi connectivity index (χ4n) is 3.87. The van der Waals surface area contributed by atoms with Gasteiger partial charge in [-0.15, -0.1) is 0 Å². The van der Waals surface area contributed by atoms with Gasteiger partial charge in [-0.3, -0.25) is 24.6 Å². The number of para-hydroxylation sites is 1. The molecular weight excluding hydrogens is 506 g/mol. The largest absolute Gasteiger partial charge is 0.318 e. The zero-order chi connectivity index (χ0) is 23.9. The predicted octanol–water partition coefficient (Wildman–Crippen LogP) is 6.31. The Balaban J connectivity index is 1.65. The smallest absolute Gasteiger partial charge is 0.293 e. The van der Waals surface area contributed by atoms with Crippen LogP contribution in [-0.2, 0) is 11.3 Å². The number of hydrogen-bond donors (Lipinski definition) is 0. The first-order chi connectivity index (χ1) is 15.7. The number of nitrogens with zero attached hydrogens (tertiary/aromatic N) is 3. The molecule has 0 atom stereocenters. The van der Waals surface area contributed by atoms with E-state index in [0.29, 0.717) is 10.5 Å². The van der Waals surface area contributed by atoms with Crippen LogP contribution in [0.4, 0.5) is 10.5 Å². The van der Waals surface area contributed by atoms with Crippen LogP contribution < -0.4 is 0 Å². The van der Waals surface area contributed by atoms with E-state index < -0.39 is 16.1 Å². The highest BCUT2D eigenvalue weighted by atomic mass is 79.9. The SMILES string of the molecule is Cc1cc(-n2c(C)cc(/C=C3\SC(=O)N(Cc4ccccc4[N+](=O)[O-])C3=O)c2C)ccc1Br. The van der Waals surface area contributed by atoms with Crippen molar-refractivity contribution in [3.05, 3.63) is 96.1 Å². The van der Waals surface area contributed by atoms with Gasteiger partial charge in [-0.1, -0.05) is 34.1 Å². The van der Waals surface area contributed by atoms with Gasteiger partial charge in [0, 0.05) is 33.2 Å². The molecule has 7 nitrogen and oxygen atoms in total. The molecule has 1 saturated heterocycles. The van der Waals surface area contributed by atoms with Crippen LogP contribution in [0.25, 0.3) is 11.8 Å². The third-order valence-electron chi connectivity index (χ3n) is 5.55. The van der Waals surface area contributed by atoms with Crippen molar-refractivity contribution in [1.29, 1.82) is 0 Å². The summed E-state index contributed by atoms with van der Waals surface area (Å²) < 4.78 is 3.13. The molecule has 1 aliphatic heterocycles. The van der Waals surface area contributed by atoms with Crippen LogP contribution in [0.1, 0.15) is 28.1 Å². The fraction of sp³-hybridized carbons (Fsp3) is 0.167. The number of carbonyl (C=O) groups excluding carboxylic acids is 2. The van der Waals surface area contributed by atoms with E-state index in [0.717, 1.165) is 49.3 Å². The number of imide groups is 1. The predicted molar refractivity (Wildman–Crippen MR) is 132 cm³/mol. The lowest BCUT2D eigenvalue weighted by atomic mass is 10.1. The normalized spacial score (nSPS) is 15.0. The van der Waals surface area contributed by atoms with Crippen molar-refractivity contribution in [3.8, 4) is 5.69 Å². The molecule has 0 unspecified atom stereocenters. The molecule has 0 radical (unpaired) electrons.